The highest BCUT2D eigenvalue weighted by molar-refractivity contribution is 7.99. The van der Waals surface area contributed by atoms with Crippen molar-refractivity contribution in [2.24, 2.45) is 11.7 Å². The Labute approximate surface area is 112 Å². The average molecular weight is 265 g/mol. The predicted molar refractivity (Wildman–Crippen MR) is 74.4 cm³/mol. The van der Waals surface area contributed by atoms with Gasteiger partial charge in [-0.2, -0.15) is 0 Å². The van der Waals surface area contributed by atoms with Crippen LogP contribution in [0.3, 0.4) is 0 Å². The molecule has 0 spiro atoms. The van der Waals surface area contributed by atoms with Gasteiger partial charge < -0.3 is 11.5 Å². The number of amides is 1. The number of pyridine rings is 1. The molecule has 1 aromatic heterocycles. The minimum Gasteiger partial charge on any atom is -0.397 e. The lowest BCUT2D eigenvalue weighted by molar-refractivity contribution is 0.0997. The van der Waals surface area contributed by atoms with Crippen molar-refractivity contribution in [1.29, 1.82) is 0 Å². The van der Waals surface area contributed by atoms with E-state index in [0.29, 0.717) is 16.5 Å². The van der Waals surface area contributed by atoms with Gasteiger partial charge in [0.15, 0.2) is 0 Å². The van der Waals surface area contributed by atoms with Crippen LogP contribution in [0.1, 0.15) is 43.0 Å². The van der Waals surface area contributed by atoms with E-state index in [4.69, 9.17) is 11.5 Å². The van der Waals surface area contributed by atoms with Crippen molar-refractivity contribution in [3.05, 3.63) is 17.8 Å². The number of aromatic nitrogens is 1. The van der Waals surface area contributed by atoms with Gasteiger partial charge in [-0.25, -0.2) is 4.98 Å². The van der Waals surface area contributed by atoms with E-state index in [1.165, 1.54) is 25.7 Å². The van der Waals surface area contributed by atoms with Crippen LogP contribution >= 0.6 is 11.8 Å². The van der Waals surface area contributed by atoms with Crippen molar-refractivity contribution < 1.29 is 4.79 Å². The summed E-state index contributed by atoms with van der Waals surface area (Å²) in [4.78, 5) is 15.6. The van der Waals surface area contributed by atoms with Crippen molar-refractivity contribution >= 4 is 23.4 Å². The van der Waals surface area contributed by atoms with Crippen LogP contribution in [0.4, 0.5) is 5.69 Å². The molecule has 98 valence electrons. The Morgan fingerprint density at radius 2 is 2.28 bits per heavy atom. The molecule has 0 bridgehead atoms. The van der Waals surface area contributed by atoms with Crippen LogP contribution in [0.2, 0.25) is 0 Å². The van der Waals surface area contributed by atoms with E-state index in [0.717, 1.165) is 10.9 Å². The first-order chi connectivity index (χ1) is 8.56. The molecule has 0 aromatic carbocycles. The van der Waals surface area contributed by atoms with Gasteiger partial charge in [-0.1, -0.05) is 19.8 Å². The maximum Gasteiger partial charge on any atom is 0.251 e. The van der Waals surface area contributed by atoms with Gasteiger partial charge in [0.25, 0.3) is 5.91 Å². The fourth-order valence-electron chi connectivity index (χ4n) is 2.38. The van der Waals surface area contributed by atoms with E-state index in [-0.39, 0.29) is 0 Å². The lowest BCUT2D eigenvalue weighted by Gasteiger charge is -2.26. The Kier molecular flexibility index (Phi) is 4.11. The normalized spacial score (nSPS) is 23.8. The second-order valence-corrected chi connectivity index (χ2v) is 6.29. The molecular formula is C13H19N3OS. The molecule has 18 heavy (non-hydrogen) atoms. The van der Waals surface area contributed by atoms with Crippen LogP contribution < -0.4 is 11.5 Å². The summed E-state index contributed by atoms with van der Waals surface area (Å²) in [6, 6.07) is 1.62. The minimum absolute atomic E-state index is 0.443. The van der Waals surface area contributed by atoms with E-state index in [2.05, 4.69) is 11.9 Å². The zero-order chi connectivity index (χ0) is 13.1. The standard InChI is InChI=1S/C13H19N3OS/c1-8-3-2-4-10(5-8)18-13-11(12(15)17)6-9(14)7-16-13/h6-8,10H,2-5,14H2,1H3,(H2,15,17). The third-order valence-corrected chi connectivity index (χ3v) is 4.61. The molecule has 2 unspecified atom stereocenters. The summed E-state index contributed by atoms with van der Waals surface area (Å²) in [5.41, 5.74) is 11.9. The zero-order valence-electron chi connectivity index (χ0n) is 10.6. The minimum atomic E-state index is -0.457. The van der Waals surface area contributed by atoms with Crippen LogP contribution in [0, 0.1) is 5.92 Å². The van der Waals surface area contributed by atoms with Gasteiger partial charge in [0, 0.05) is 5.25 Å². The average Bonchev–Trinajstić information content (AvgIpc) is 2.31. The predicted octanol–water partition coefficient (Wildman–Crippen LogP) is 2.43. The third kappa shape index (κ3) is 3.16. The molecule has 0 aliphatic heterocycles. The highest BCUT2D eigenvalue weighted by Gasteiger charge is 2.22. The highest BCUT2D eigenvalue weighted by Crippen LogP contribution is 2.36. The van der Waals surface area contributed by atoms with E-state index < -0.39 is 5.91 Å². The number of rotatable bonds is 3. The van der Waals surface area contributed by atoms with Crippen LogP contribution in [0.25, 0.3) is 0 Å². The third-order valence-electron chi connectivity index (χ3n) is 3.30. The molecule has 0 saturated heterocycles. The summed E-state index contributed by atoms with van der Waals surface area (Å²) in [7, 11) is 0. The second-order valence-electron chi connectivity index (χ2n) is 5.00. The van der Waals surface area contributed by atoms with Crippen molar-refractivity contribution in [3.63, 3.8) is 0 Å². The van der Waals surface area contributed by atoms with Gasteiger partial charge in [0.1, 0.15) is 5.03 Å². The lowest BCUT2D eigenvalue weighted by atomic mass is 9.91. The number of carbonyl (C=O) groups excluding carboxylic acids is 1. The molecule has 1 amide bonds. The number of anilines is 1. The van der Waals surface area contributed by atoms with Crippen LogP contribution in [-0.4, -0.2) is 16.1 Å². The van der Waals surface area contributed by atoms with Crippen LogP contribution in [0.5, 0.6) is 0 Å². The number of nitrogens with zero attached hydrogens (tertiary/aromatic N) is 1. The molecule has 1 aliphatic rings. The molecular weight excluding hydrogens is 246 g/mol. The Balaban J connectivity index is 2.15. The summed E-state index contributed by atoms with van der Waals surface area (Å²) in [5.74, 6) is 0.295. The Morgan fingerprint density at radius 1 is 1.50 bits per heavy atom. The molecule has 1 heterocycles. The number of nitrogen functional groups attached to an aromatic ring is 1. The Morgan fingerprint density at radius 3 is 2.94 bits per heavy atom. The number of carbonyl (C=O) groups is 1. The monoisotopic (exact) mass is 265 g/mol. The van der Waals surface area contributed by atoms with E-state index in [1.54, 1.807) is 24.0 Å². The summed E-state index contributed by atoms with van der Waals surface area (Å²) in [6.45, 7) is 2.28. The number of nitrogens with two attached hydrogens (primary N) is 2. The molecule has 4 nitrogen and oxygen atoms in total. The largest absolute Gasteiger partial charge is 0.397 e. The van der Waals surface area contributed by atoms with Gasteiger partial charge >= 0.3 is 0 Å². The van der Waals surface area contributed by atoms with E-state index in [9.17, 15) is 4.79 Å². The van der Waals surface area contributed by atoms with Crippen molar-refractivity contribution in [3.8, 4) is 0 Å². The molecule has 5 heteroatoms. The van der Waals surface area contributed by atoms with Gasteiger partial charge in [-0.15, -0.1) is 11.8 Å². The maximum absolute atomic E-state index is 11.4. The lowest BCUT2D eigenvalue weighted by Crippen LogP contribution is -2.18. The molecule has 1 aliphatic carbocycles. The zero-order valence-corrected chi connectivity index (χ0v) is 11.4. The molecule has 1 aromatic rings. The number of hydrogen-bond acceptors (Lipinski definition) is 4. The molecule has 1 saturated carbocycles. The van der Waals surface area contributed by atoms with Crippen molar-refractivity contribution in [2.45, 2.75) is 42.9 Å². The Bertz CT molecular complexity index is 450. The quantitative estimate of drug-likeness (QED) is 0.879. The number of primary amides is 1. The maximum atomic E-state index is 11.4. The van der Waals surface area contributed by atoms with Crippen molar-refractivity contribution in [2.75, 3.05) is 5.73 Å². The highest BCUT2D eigenvalue weighted by atomic mass is 32.2. The van der Waals surface area contributed by atoms with E-state index in [1.807, 2.05) is 0 Å². The smallest absolute Gasteiger partial charge is 0.251 e. The van der Waals surface area contributed by atoms with Crippen molar-refractivity contribution in [1.82, 2.24) is 4.98 Å². The molecule has 4 N–H and O–H groups in total. The molecule has 1 fully saturated rings. The fraction of sp³-hybridized carbons (Fsp3) is 0.538. The van der Waals surface area contributed by atoms with Gasteiger partial charge in [-0.05, 0) is 24.8 Å². The number of thioether (sulfide) groups is 1. The first-order valence-electron chi connectivity index (χ1n) is 6.28. The number of hydrogen-bond donors (Lipinski definition) is 2. The topological polar surface area (TPSA) is 82.0 Å². The first-order valence-corrected chi connectivity index (χ1v) is 7.16. The van der Waals surface area contributed by atoms with Crippen LogP contribution in [0.15, 0.2) is 17.3 Å². The fourth-order valence-corrected chi connectivity index (χ4v) is 3.81. The van der Waals surface area contributed by atoms with Gasteiger partial charge in [0.2, 0.25) is 0 Å². The van der Waals surface area contributed by atoms with E-state index >= 15 is 0 Å². The SMILES string of the molecule is CC1CCCC(Sc2ncc(N)cc2C(N)=O)C1. The Hall–Kier alpha value is -1.23. The summed E-state index contributed by atoms with van der Waals surface area (Å²) >= 11 is 1.66. The van der Waals surface area contributed by atoms with Gasteiger partial charge in [-0.3, -0.25) is 4.79 Å². The molecule has 2 atom stereocenters. The first kappa shape index (κ1) is 13.2. The van der Waals surface area contributed by atoms with Crippen LogP contribution in [-0.2, 0) is 0 Å². The summed E-state index contributed by atoms with van der Waals surface area (Å²) in [6.07, 6.45) is 6.49. The summed E-state index contributed by atoms with van der Waals surface area (Å²) < 4.78 is 0. The summed E-state index contributed by atoms with van der Waals surface area (Å²) in [5, 5.41) is 1.25. The second kappa shape index (κ2) is 5.61. The molecule has 0 radical (unpaired) electrons. The van der Waals surface area contributed by atoms with Gasteiger partial charge in [0.05, 0.1) is 17.4 Å². The molecule has 2 rings (SSSR count).